The van der Waals surface area contributed by atoms with Gasteiger partial charge in [-0.2, -0.15) is 5.01 Å². The van der Waals surface area contributed by atoms with Crippen LogP contribution in [-0.2, 0) is 4.79 Å². The number of urea groups is 1. The number of benzene rings is 1. The Hall–Kier alpha value is -2.54. The maximum Gasteiger partial charge on any atom is 0.344 e. The molecule has 4 rings (SSSR count). The number of carbonyl (C=O) groups excluding carboxylic acids is 3. The molecule has 1 aliphatic carbocycles. The molecule has 0 unspecified atom stereocenters. The molecule has 27 heavy (non-hydrogen) atoms. The second-order valence-electron chi connectivity index (χ2n) is 7.45. The number of hydrogen-bond acceptors (Lipinski definition) is 4. The number of hydrazine groups is 1. The van der Waals surface area contributed by atoms with E-state index in [1.807, 2.05) is 0 Å². The number of fused-ring (bicyclic) bond motifs is 1. The number of imide groups is 1. The largest absolute Gasteiger partial charge is 0.449 e. The summed E-state index contributed by atoms with van der Waals surface area (Å²) in [4.78, 5) is 37.9. The van der Waals surface area contributed by atoms with E-state index in [1.165, 1.54) is 0 Å². The first-order chi connectivity index (χ1) is 12.8. The fourth-order valence-electron chi connectivity index (χ4n) is 3.89. The van der Waals surface area contributed by atoms with Crippen LogP contribution in [0, 0.1) is 12.8 Å². The highest BCUT2D eigenvalue weighted by atomic mass is 35.5. The van der Waals surface area contributed by atoms with Crippen LogP contribution in [0.5, 0.6) is 0 Å². The number of aryl methyl sites for hydroxylation is 1. The predicted molar refractivity (Wildman–Crippen MR) is 99.2 cm³/mol. The van der Waals surface area contributed by atoms with Crippen molar-refractivity contribution in [2.75, 3.05) is 0 Å². The molecule has 2 N–H and O–H groups in total. The number of carbonyl (C=O) groups is 3. The second kappa shape index (κ2) is 6.27. The molecule has 142 valence electrons. The Morgan fingerprint density at radius 3 is 2.70 bits per heavy atom. The maximum absolute atomic E-state index is 12.9. The average Bonchev–Trinajstić information content (AvgIpc) is 3.09. The minimum absolute atomic E-state index is 0.0249. The van der Waals surface area contributed by atoms with Crippen molar-refractivity contribution >= 4 is 40.4 Å². The van der Waals surface area contributed by atoms with Gasteiger partial charge in [-0.05, 0) is 44.6 Å². The fraction of sp³-hybridized carbons (Fsp3) is 0.421. The quantitative estimate of drug-likeness (QED) is 0.768. The van der Waals surface area contributed by atoms with E-state index >= 15 is 0 Å². The van der Waals surface area contributed by atoms with Crippen molar-refractivity contribution in [3.63, 3.8) is 0 Å². The van der Waals surface area contributed by atoms with Crippen LogP contribution in [0.25, 0.3) is 11.0 Å². The van der Waals surface area contributed by atoms with E-state index in [2.05, 4.69) is 17.7 Å². The van der Waals surface area contributed by atoms with Crippen molar-refractivity contribution in [1.82, 2.24) is 15.8 Å². The Morgan fingerprint density at radius 2 is 2.04 bits per heavy atom. The van der Waals surface area contributed by atoms with E-state index in [1.54, 1.807) is 25.1 Å². The van der Waals surface area contributed by atoms with Gasteiger partial charge in [0.2, 0.25) is 0 Å². The number of para-hydroxylation sites is 1. The molecular weight excluding hydrogens is 370 g/mol. The van der Waals surface area contributed by atoms with E-state index < -0.39 is 23.4 Å². The minimum atomic E-state index is -0.914. The molecule has 0 bridgehead atoms. The molecule has 0 radical (unpaired) electrons. The van der Waals surface area contributed by atoms with Gasteiger partial charge in [0.1, 0.15) is 5.54 Å². The third-order valence-electron chi connectivity index (χ3n) is 5.62. The first-order valence-electron chi connectivity index (χ1n) is 8.98. The molecule has 2 fully saturated rings. The smallest absolute Gasteiger partial charge is 0.344 e. The van der Waals surface area contributed by atoms with Crippen molar-refractivity contribution in [2.45, 2.75) is 45.1 Å². The fourth-order valence-corrected chi connectivity index (χ4v) is 4.11. The summed E-state index contributed by atoms with van der Waals surface area (Å²) >= 11 is 6.12. The van der Waals surface area contributed by atoms with Crippen molar-refractivity contribution in [2.24, 2.45) is 5.92 Å². The second-order valence-corrected chi connectivity index (χ2v) is 7.86. The van der Waals surface area contributed by atoms with E-state index in [0.29, 0.717) is 40.3 Å². The summed E-state index contributed by atoms with van der Waals surface area (Å²) in [6, 6.07) is 4.61. The zero-order valence-electron chi connectivity index (χ0n) is 15.1. The van der Waals surface area contributed by atoms with Gasteiger partial charge in [0.15, 0.2) is 11.3 Å². The van der Waals surface area contributed by atoms with Crippen LogP contribution in [-0.4, -0.2) is 28.4 Å². The van der Waals surface area contributed by atoms with Crippen molar-refractivity contribution < 1.29 is 18.8 Å². The van der Waals surface area contributed by atoms with Crippen molar-refractivity contribution in [1.29, 1.82) is 0 Å². The van der Waals surface area contributed by atoms with Gasteiger partial charge >= 0.3 is 11.9 Å². The van der Waals surface area contributed by atoms with Gasteiger partial charge in [-0.1, -0.05) is 30.7 Å². The van der Waals surface area contributed by atoms with E-state index in [0.717, 1.165) is 17.9 Å². The number of furan rings is 1. The highest BCUT2D eigenvalue weighted by Crippen LogP contribution is 2.36. The van der Waals surface area contributed by atoms with Gasteiger partial charge in [0.25, 0.3) is 5.91 Å². The zero-order chi connectivity index (χ0) is 19.3. The molecule has 1 aromatic carbocycles. The average molecular weight is 390 g/mol. The minimum Gasteiger partial charge on any atom is -0.449 e. The first-order valence-corrected chi connectivity index (χ1v) is 9.35. The van der Waals surface area contributed by atoms with Gasteiger partial charge < -0.3 is 9.73 Å². The third kappa shape index (κ3) is 2.77. The summed E-state index contributed by atoms with van der Waals surface area (Å²) in [5.41, 5.74) is 2.48. The zero-order valence-corrected chi connectivity index (χ0v) is 15.9. The number of rotatable bonds is 2. The van der Waals surface area contributed by atoms with Crippen LogP contribution in [0.2, 0.25) is 5.02 Å². The number of halogens is 1. The van der Waals surface area contributed by atoms with E-state index in [9.17, 15) is 14.4 Å². The Balaban J connectivity index is 1.58. The van der Waals surface area contributed by atoms with Gasteiger partial charge in [-0.15, -0.1) is 0 Å². The van der Waals surface area contributed by atoms with Gasteiger partial charge in [0, 0.05) is 10.9 Å². The summed E-state index contributed by atoms with van der Waals surface area (Å²) < 4.78 is 5.61. The molecule has 7 nitrogen and oxygen atoms in total. The molecule has 1 spiro atoms. The number of amides is 4. The van der Waals surface area contributed by atoms with Gasteiger partial charge in [0.05, 0.1) is 5.02 Å². The van der Waals surface area contributed by atoms with E-state index in [4.69, 9.17) is 16.0 Å². The van der Waals surface area contributed by atoms with Gasteiger partial charge in [-0.25, -0.2) is 10.2 Å². The standard InChI is InChI=1S/C19H20ClN3O4/c1-10-6-8-19(9-7-10)17(25)23(18(26)21-19)22-16(24)14-11(2)12-4-3-5-13(20)15(12)27-14/h3-5,10H,6-9H2,1-2H3,(H,21,26)(H,22,24). The molecule has 2 aliphatic rings. The highest BCUT2D eigenvalue weighted by molar-refractivity contribution is 6.35. The maximum atomic E-state index is 12.9. The third-order valence-corrected chi connectivity index (χ3v) is 5.92. The SMILES string of the molecule is Cc1c(C(=O)NN2C(=O)NC3(CCC(C)CC3)C2=O)oc2c(Cl)cccc12. The lowest BCUT2D eigenvalue weighted by molar-refractivity contribution is -0.134. The Labute approximate surface area is 161 Å². The predicted octanol–water partition coefficient (Wildman–Crippen LogP) is 3.54. The molecule has 8 heteroatoms. The molecule has 1 saturated carbocycles. The Bertz CT molecular complexity index is 959. The Morgan fingerprint density at radius 1 is 1.33 bits per heavy atom. The molecule has 2 aromatic rings. The molecule has 1 aliphatic heterocycles. The molecule has 4 amide bonds. The van der Waals surface area contributed by atoms with Crippen LogP contribution in [0.4, 0.5) is 4.79 Å². The molecule has 1 aromatic heterocycles. The van der Waals surface area contributed by atoms with Crippen LogP contribution in [0.3, 0.4) is 0 Å². The first kappa shape index (κ1) is 17.9. The summed E-state index contributed by atoms with van der Waals surface area (Å²) in [5, 5.41) is 4.64. The molecular formula is C19H20ClN3O4. The van der Waals surface area contributed by atoms with Crippen LogP contribution < -0.4 is 10.7 Å². The Kier molecular flexibility index (Phi) is 4.14. The summed E-state index contributed by atoms with van der Waals surface area (Å²) in [5.74, 6) is -0.534. The highest BCUT2D eigenvalue weighted by Gasteiger charge is 2.53. The summed E-state index contributed by atoms with van der Waals surface area (Å²) in [6.45, 7) is 3.86. The van der Waals surface area contributed by atoms with Crippen molar-refractivity contribution in [3.8, 4) is 0 Å². The van der Waals surface area contributed by atoms with Gasteiger partial charge in [-0.3, -0.25) is 9.59 Å². The van der Waals surface area contributed by atoms with Crippen LogP contribution >= 0.6 is 11.6 Å². The molecule has 0 atom stereocenters. The normalized spacial score (nSPS) is 25.3. The molecule has 2 heterocycles. The summed E-state index contributed by atoms with van der Waals surface area (Å²) in [6.07, 6.45) is 2.86. The number of nitrogens with one attached hydrogen (secondary N) is 2. The number of hydrogen-bond donors (Lipinski definition) is 2. The number of nitrogens with zero attached hydrogens (tertiary/aromatic N) is 1. The van der Waals surface area contributed by atoms with Crippen LogP contribution in [0.1, 0.15) is 48.7 Å². The summed E-state index contributed by atoms with van der Waals surface area (Å²) in [7, 11) is 0. The van der Waals surface area contributed by atoms with E-state index in [-0.39, 0.29) is 5.76 Å². The lowest BCUT2D eigenvalue weighted by Gasteiger charge is -2.33. The lowest BCUT2D eigenvalue weighted by atomic mass is 9.77. The monoisotopic (exact) mass is 389 g/mol. The van der Waals surface area contributed by atoms with Crippen molar-refractivity contribution in [3.05, 3.63) is 34.5 Å². The molecule has 1 saturated heterocycles. The van der Waals surface area contributed by atoms with Crippen LogP contribution in [0.15, 0.2) is 22.6 Å². The topological polar surface area (TPSA) is 91.7 Å². The lowest BCUT2D eigenvalue weighted by Crippen LogP contribution is -2.51.